The molecule has 35 heavy (non-hydrogen) atoms. The maximum atomic E-state index is 13.1. The van der Waals surface area contributed by atoms with E-state index in [-0.39, 0.29) is 25.7 Å². The summed E-state index contributed by atoms with van der Waals surface area (Å²) in [5.41, 5.74) is 3.79. The molecule has 0 aromatic heterocycles. The highest BCUT2D eigenvalue weighted by Gasteiger charge is 2.31. The second kappa shape index (κ2) is 11.2. The molecule has 0 heterocycles. The fourth-order valence-corrected chi connectivity index (χ4v) is 4.06. The van der Waals surface area contributed by atoms with Crippen LogP contribution in [0.3, 0.4) is 0 Å². The van der Waals surface area contributed by atoms with Crippen molar-refractivity contribution in [3.63, 3.8) is 0 Å². The van der Waals surface area contributed by atoms with E-state index in [0.29, 0.717) is 0 Å². The van der Waals surface area contributed by atoms with E-state index < -0.39 is 36.2 Å². The second-order valence-electron chi connectivity index (χ2n) is 9.35. The lowest BCUT2D eigenvalue weighted by atomic mass is 9.98. The van der Waals surface area contributed by atoms with Crippen LogP contribution in [0.1, 0.15) is 37.8 Å². The molecule has 1 aliphatic rings. The van der Waals surface area contributed by atoms with Crippen molar-refractivity contribution in [2.24, 2.45) is 0 Å². The van der Waals surface area contributed by atoms with Crippen LogP contribution in [0.15, 0.2) is 61.2 Å². The highest BCUT2D eigenvalue weighted by Crippen LogP contribution is 2.44. The molecule has 1 aliphatic carbocycles. The van der Waals surface area contributed by atoms with Gasteiger partial charge in [0.1, 0.15) is 19.2 Å². The third kappa shape index (κ3) is 6.70. The first kappa shape index (κ1) is 26.0. The van der Waals surface area contributed by atoms with Gasteiger partial charge in [-0.3, -0.25) is 9.59 Å². The molecule has 0 spiro atoms. The third-order valence-corrected chi connectivity index (χ3v) is 5.60. The number of amides is 2. The SMILES string of the molecule is C=CCN(CC(=O)O)C(=O)[C@H](COC(C)(C)C)NC(=O)OCC1c2ccccc2-c2ccccc21. The molecule has 0 aliphatic heterocycles. The maximum absolute atomic E-state index is 13.1. The Hall–Kier alpha value is -3.65. The summed E-state index contributed by atoms with van der Waals surface area (Å²) < 4.78 is 11.3. The van der Waals surface area contributed by atoms with Crippen LogP contribution in [-0.2, 0) is 19.1 Å². The summed E-state index contributed by atoms with van der Waals surface area (Å²) in [5, 5.41) is 11.7. The number of nitrogens with one attached hydrogen (secondary N) is 1. The molecular formula is C27H32N2O6. The van der Waals surface area contributed by atoms with Crippen molar-refractivity contribution >= 4 is 18.0 Å². The van der Waals surface area contributed by atoms with E-state index in [4.69, 9.17) is 9.47 Å². The predicted molar refractivity (Wildman–Crippen MR) is 132 cm³/mol. The van der Waals surface area contributed by atoms with Crippen molar-refractivity contribution in [1.29, 1.82) is 0 Å². The Morgan fingerprint density at radius 3 is 2.17 bits per heavy atom. The van der Waals surface area contributed by atoms with Crippen LogP contribution < -0.4 is 5.32 Å². The van der Waals surface area contributed by atoms with Crippen LogP contribution >= 0.6 is 0 Å². The number of rotatable bonds is 10. The first-order valence-corrected chi connectivity index (χ1v) is 11.5. The number of hydrogen-bond acceptors (Lipinski definition) is 5. The number of carbonyl (C=O) groups is 3. The number of carbonyl (C=O) groups excluding carboxylic acids is 2. The monoisotopic (exact) mass is 480 g/mol. The van der Waals surface area contributed by atoms with E-state index in [1.54, 1.807) is 0 Å². The van der Waals surface area contributed by atoms with Gasteiger partial charge in [-0.1, -0.05) is 54.6 Å². The molecule has 0 bridgehead atoms. The average molecular weight is 481 g/mol. The van der Waals surface area contributed by atoms with Gasteiger partial charge in [0.05, 0.1) is 12.2 Å². The largest absolute Gasteiger partial charge is 0.480 e. The quantitative estimate of drug-likeness (QED) is 0.501. The molecule has 0 saturated carbocycles. The molecule has 0 saturated heterocycles. The summed E-state index contributed by atoms with van der Waals surface area (Å²) in [7, 11) is 0. The van der Waals surface area contributed by atoms with E-state index in [1.807, 2.05) is 69.3 Å². The number of aliphatic carboxylic acids is 1. The summed E-state index contributed by atoms with van der Waals surface area (Å²) in [6.45, 7) is 8.48. The first-order valence-electron chi connectivity index (χ1n) is 11.5. The van der Waals surface area contributed by atoms with Crippen molar-refractivity contribution in [3.05, 3.63) is 72.3 Å². The number of ether oxygens (including phenoxy) is 2. The average Bonchev–Trinajstić information content (AvgIpc) is 3.12. The van der Waals surface area contributed by atoms with Gasteiger partial charge in [0.2, 0.25) is 5.91 Å². The molecule has 1 atom stereocenters. The van der Waals surface area contributed by atoms with Gasteiger partial charge >= 0.3 is 12.1 Å². The summed E-state index contributed by atoms with van der Waals surface area (Å²) in [6.07, 6.45) is 0.645. The normalized spacial score (nSPS) is 13.3. The Balaban J connectivity index is 1.72. The van der Waals surface area contributed by atoms with E-state index in [1.165, 1.54) is 6.08 Å². The summed E-state index contributed by atoms with van der Waals surface area (Å²) >= 11 is 0. The highest BCUT2D eigenvalue weighted by atomic mass is 16.5. The van der Waals surface area contributed by atoms with Crippen LogP contribution in [0.2, 0.25) is 0 Å². The molecule has 2 N–H and O–H groups in total. The highest BCUT2D eigenvalue weighted by molar-refractivity contribution is 5.88. The Bertz CT molecular complexity index is 1050. The molecule has 8 nitrogen and oxygen atoms in total. The predicted octanol–water partition coefficient (Wildman–Crippen LogP) is 3.81. The Morgan fingerprint density at radius 2 is 1.66 bits per heavy atom. The van der Waals surface area contributed by atoms with Gasteiger partial charge in [0.15, 0.2) is 0 Å². The van der Waals surface area contributed by atoms with E-state index in [9.17, 15) is 19.5 Å². The molecule has 8 heteroatoms. The van der Waals surface area contributed by atoms with Crippen molar-refractivity contribution in [2.45, 2.75) is 38.3 Å². The van der Waals surface area contributed by atoms with Crippen molar-refractivity contribution < 1.29 is 29.0 Å². The minimum atomic E-state index is -1.17. The Kier molecular flexibility index (Phi) is 8.30. The van der Waals surface area contributed by atoms with Crippen LogP contribution in [0.25, 0.3) is 11.1 Å². The lowest BCUT2D eigenvalue weighted by Gasteiger charge is -2.28. The summed E-state index contributed by atoms with van der Waals surface area (Å²) in [5.74, 6) is -1.89. The lowest BCUT2D eigenvalue weighted by Crippen LogP contribution is -2.53. The van der Waals surface area contributed by atoms with Crippen molar-refractivity contribution in [1.82, 2.24) is 10.2 Å². The van der Waals surface area contributed by atoms with E-state index in [0.717, 1.165) is 27.2 Å². The molecule has 0 unspecified atom stereocenters. The first-order chi connectivity index (χ1) is 16.6. The maximum Gasteiger partial charge on any atom is 0.407 e. The van der Waals surface area contributed by atoms with Gasteiger partial charge in [0, 0.05) is 12.5 Å². The molecule has 2 aromatic rings. The Morgan fingerprint density at radius 1 is 1.09 bits per heavy atom. The number of fused-ring (bicyclic) bond motifs is 3. The fourth-order valence-electron chi connectivity index (χ4n) is 4.06. The van der Waals surface area contributed by atoms with Crippen LogP contribution in [0.5, 0.6) is 0 Å². The van der Waals surface area contributed by atoms with Gasteiger partial charge in [-0.25, -0.2) is 4.79 Å². The van der Waals surface area contributed by atoms with Gasteiger partial charge in [-0.05, 0) is 43.0 Å². The van der Waals surface area contributed by atoms with Gasteiger partial charge < -0.3 is 24.8 Å². The zero-order chi connectivity index (χ0) is 25.6. The zero-order valence-corrected chi connectivity index (χ0v) is 20.3. The number of alkyl carbamates (subject to hydrolysis) is 1. The minimum absolute atomic E-state index is 0.0174. The van der Waals surface area contributed by atoms with Crippen molar-refractivity contribution in [2.75, 3.05) is 26.3 Å². The molecule has 3 rings (SSSR count). The molecule has 0 fully saturated rings. The van der Waals surface area contributed by atoms with Gasteiger partial charge in [-0.15, -0.1) is 6.58 Å². The number of benzene rings is 2. The van der Waals surface area contributed by atoms with Gasteiger partial charge in [0.25, 0.3) is 0 Å². The smallest absolute Gasteiger partial charge is 0.407 e. The molecule has 0 radical (unpaired) electrons. The number of hydrogen-bond donors (Lipinski definition) is 2. The number of carboxylic acid groups (broad SMARTS) is 1. The number of nitrogens with zero attached hydrogens (tertiary/aromatic N) is 1. The zero-order valence-electron chi connectivity index (χ0n) is 20.3. The van der Waals surface area contributed by atoms with E-state index in [2.05, 4.69) is 11.9 Å². The standard InChI is InChI=1S/C27H32N2O6/c1-5-14-29(15-24(30)31)25(32)23(17-35-27(2,3)4)28-26(33)34-16-22-20-12-8-6-10-18(20)19-11-7-9-13-21(19)22/h5-13,22-23H,1,14-17H2,2-4H3,(H,28,33)(H,30,31)/t23-/m0/s1. The molecular weight excluding hydrogens is 448 g/mol. The fraction of sp³-hybridized carbons (Fsp3) is 0.370. The topological polar surface area (TPSA) is 105 Å². The number of carboxylic acids is 1. The minimum Gasteiger partial charge on any atom is -0.480 e. The van der Waals surface area contributed by atoms with Gasteiger partial charge in [-0.2, -0.15) is 0 Å². The molecule has 2 aromatic carbocycles. The summed E-state index contributed by atoms with van der Waals surface area (Å²) in [6, 6.07) is 14.9. The summed E-state index contributed by atoms with van der Waals surface area (Å²) in [4.78, 5) is 38.2. The van der Waals surface area contributed by atoms with Crippen molar-refractivity contribution in [3.8, 4) is 11.1 Å². The van der Waals surface area contributed by atoms with Crippen LogP contribution in [-0.4, -0.2) is 65.9 Å². The Labute approximate surface area is 205 Å². The lowest BCUT2D eigenvalue weighted by molar-refractivity contribution is -0.146. The van der Waals surface area contributed by atoms with E-state index >= 15 is 0 Å². The third-order valence-electron chi connectivity index (χ3n) is 5.60. The molecule has 186 valence electrons. The van der Waals surface area contributed by atoms with Crippen LogP contribution in [0, 0.1) is 0 Å². The van der Waals surface area contributed by atoms with Crippen LogP contribution in [0.4, 0.5) is 4.79 Å². The second-order valence-corrected chi connectivity index (χ2v) is 9.35. The molecule has 2 amide bonds.